The fourth-order valence-corrected chi connectivity index (χ4v) is 2.44. The number of thioether (sulfide) groups is 1. The van der Waals surface area contributed by atoms with Crippen LogP contribution in [0.15, 0.2) is 29.2 Å². The summed E-state index contributed by atoms with van der Waals surface area (Å²) < 4.78 is 5.25. The zero-order chi connectivity index (χ0) is 15.5. The van der Waals surface area contributed by atoms with Crippen LogP contribution in [0.1, 0.15) is 32.8 Å². The summed E-state index contributed by atoms with van der Waals surface area (Å²) in [6, 6.07) is 9.06. The minimum atomic E-state index is -0.444. The Morgan fingerprint density at radius 1 is 1.29 bits per heavy atom. The molecule has 1 amide bonds. The fraction of sp³-hybridized carbons (Fsp3) is 0.562. The number of benzene rings is 1. The van der Waals surface area contributed by atoms with Gasteiger partial charge in [0, 0.05) is 23.5 Å². The molecule has 0 spiro atoms. The van der Waals surface area contributed by atoms with Crippen LogP contribution < -0.4 is 10.6 Å². The number of ether oxygens (including phenoxy) is 1. The zero-order valence-corrected chi connectivity index (χ0v) is 13.9. The molecule has 4 nitrogen and oxygen atoms in total. The number of alkyl carbamates (subject to hydrolysis) is 1. The second kappa shape index (κ2) is 6.71. The SMILES string of the molecule is CSc1ccc(CNC2CC2NC(=O)OC(C)(C)C)cc1. The first-order valence-corrected chi connectivity index (χ1v) is 8.46. The van der Waals surface area contributed by atoms with Crippen molar-refractivity contribution in [1.82, 2.24) is 10.6 Å². The highest BCUT2D eigenvalue weighted by atomic mass is 32.2. The maximum Gasteiger partial charge on any atom is 0.407 e. The summed E-state index contributed by atoms with van der Waals surface area (Å²) >= 11 is 1.74. The molecule has 5 heteroatoms. The van der Waals surface area contributed by atoms with E-state index in [9.17, 15) is 4.79 Å². The van der Waals surface area contributed by atoms with E-state index in [-0.39, 0.29) is 12.1 Å². The van der Waals surface area contributed by atoms with Gasteiger partial charge in [0.2, 0.25) is 0 Å². The average molecular weight is 308 g/mol. The molecule has 0 heterocycles. The smallest absolute Gasteiger partial charge is 0.407 e. The zero-order valence-electron chi connectivity index (χ0n) is 13.1. The molecule has 2 unspecified atom stereocenters. The molecule has 116 valence electrons. The van der Waals surface area contributed by atoms with Crippen LogP contribution in [0, 0.1) is 0 Å². The first-order valence-electron chi connectivity index (χ1n) is 7.23. The van der Waals surface area contributed by atoms with Crippen LogP contribution in [0.3, 0.4) is 0 Å². The quantitative estimate of drug-likeness (QED) is 0.820. The van der Waals surface area contributed by atoms with Crippen molar-refractivity contribution in [2.75, 3.05) is 6.26 Å². The van der Waals surface area contributed by atoms with E-state index >= 15 is 0 Å². The van der Waals surface area contributed by atoms with Gasteiger partial charge in [0.15, 0.2) is 0 Å². The summed E-state index contributed by atoms with van der Waals surface area (Å²) in [5.74, 6) is 0. The lowest BCUT2D eigenvalue weighted by Crippen LogP contribution is -2.36. The molecule has 0 radical (unpaired) electrons. The van der Waals surface area contributed by atoms with Crippen LogP contribution in [-0.2, 0) is 11.3 Å². The van der Waals surface area contributed by atoms with Gasteiger partial charge in [0.05, 0.1) is 0 Å². The van der Waals surface area contributed by atoms with Crippen molar-refractivity contribution in [2.45, 2.75) is 56.3 Å². The maximum atomic E-state index is 11.6. The molecule has 0 saturated heterocycles. The van der Waals surface area contributed by atoms with Crippen LogP contribution in [-0.4, -0.2) is 30.0 Å². The molecule has 1 fully saturated rings. The van der Waals surface area contributed by atoms with Gasteiger partial charge in [-0.25, -0.2) is 4.79 Å². The molecule has 1 aliphatic rings. The van der Waals surface area contributed by atoms with E-state index in [2.05, 4.69) is 41.2 Å². The minimum absolute atomic E-state index is 0.185. The number of amides is 1. The molecule has 1 aliphatic carbocycles. The van der Waals surface area contributed by atoms with Gasteiger partial charge in [-0.3, -0.25) is 0 Å². The normalized spacial score (nSPS) is 21.0. The third kappa shape index (κ3) is 5.59. The van der Waals surface area contributed by atoms with Crippen LogP contribution in [0.4, 0.5) is 4.79 Å². The Hall–Kier alpha value is -1.20. The van der Waals surface area contributed by atoms with Gasteiger partial charge >= 0.3 is 6.09 Å². The van der Waals surface area contributed by atoms with Crippen LogP contribution in [0.2, 0.25) is 0 Å². The van der Waals surface area contributed by atoms with Gasteiger partial charge in [0.1, 0.15) is 5.60 Å². The predicted molar refractivity (Wildman–Crippen MR) is 86.6 cm³/mol. The number of nitrogens with one attached hydrogen (secondary N) is 2. The van der Waals surface area contributed by atoms with E-state index in [1.165, 1.54) is 10.5 Å². The van der Waals surface area contributed by atoms with Crippen molar-refractivity contribution in [3.05, 3.63) is 29.8 Å². The lowest BCUT2D eigenvalue weighted by molar-refractivity contribution is 0.0522. The Labute approximate surface area is 131 Å². The summed E-state index contributed by atoms with van der Waals surface area (Å²) in [6.07, 6.45) is 2.70. The van der Waals surface area contributed by atoms with Crippen molar-refractivity contribution in [1.29, 1.82) is 0 Å². The number of hydrogen-bond acceptors (Lipinski definition) is 4. The highest BCUT2D eigenvalue weighted by Gasteiger charge is 2.38. The maximum absolute atomic E-state index is 11.6. The topological polar surface area (TPSA) is 50.4 Å². The molecule has 0 bridgehead atoms. The Morgan fingerprint density at radius 2 is 1.95 bits per heavy atom. The molecule has 1 aromatic rings. The van der Waals surface area contributed by atoms with Crippen molar-refractivity contribution in [2.24, 2.45) is 0 Å². The van der Waals surface area contributed by atoms with Crippen LogP contribution in [0.25, 0.3) is 0 Å². The molecule has 1 aromatic carbocycles. The Bertz CT molecular complexity index is 482. The number of carbonyl (C=O) groups excluding carboxylic acids is 1. The van der Waals surface area contributed by atoms with Gasteiger partial charge in [0.25, 0.3) is 0 Å². The van der Waals surface area contributed by atoms with Gasteiger partial charge in [-0.2, -0.15) is 0 Å². The third-order valence-corrected chi connectivity index (χ3v) is 3.96. The largest absolute Gasteiger partial charge is 0.444 e. The first kappa shape index (κ1) is 16.2. The average Bonchev–Trinajstić information content (AvgIpc) is 3.12. The third-order valence-electron chi connectivity index (χ3n) is 3.22. The molecular weight excluding hydrogens is 284 g/mol. The minimum Gasteiger partial charge on any atom is -0.444 e. The van der Waals surface area contributed by atoms with Crippen molar-refractivity contribution in [3.63, 3.8) is 0 Å². The molecule has 2 atom stereocenters. The van der Waals surface area contributed by atoms with Crippen LogP contribution in [0.5, 0.6) is 0 Å². The van der Waals surface area contributed by atoms with Crippen molar-refractivity contribution >= 4 is 17.9 Å². The van der Waals surface area contributed by atoms with Gasteiger partial charge < -0.3 is 15.4 Å². The highest BCUT2D eigenvalue weighted by molar-refractivity contribution is 7.98. The molecule has 2 N–H and O–H groups in total. The van der Waals surface area contributed by atoms with E-state index in [4.69, 9.17) is 4.74 Å². The molecule has 1 saturated carbocycles. The van der Waals surface area contributed by atoms with E-state index in [1.54, 1.807) is 11.8 Å². The summed E-state index contributed by atoms with van der Waals surface area (Å²) in [5, 5.41) is 6.34. The monoisotopic (exact) mass is 308 g/mol. The number of rotatable bonds is 5. The molecule has 2 rings (SSSR count). The highest BCUT2D eigenvalue weighted by Crippen LogP contribution is 2.23. The Balaban J connectivity index is 1.68. The Morgan fingerprint density at radius 3 is 2.52 bits per heavy atom. The van der Waals surface area contributed by atoms with Gasteiger partial charge in [-0.15, -0.1) is 11.8 Å². The summed E-state index contributed by atoms with van der Waals surface area (Å²) in [5.41, 5.74) is 0.816. The van der Waals surface area contributed by atoms with Crippen LogP contribution >= 0.6 is 11.8 Å². The summed E-state index contributed by atoms with van der Waals surface area (Å²) in [6.45, 7) is 6.43. The van der Waals surface area contributed by atoms with E-state index in [0.717, 1.165) is 13.0 Å². The molecule has 0 aromatic heterocycles. The van der Waals surface area contributed by atoms with Crippen molar-refractivity contribution in [3.8, 4) is 0 Å². The van der Waals surface area contributed by atoms with E-state index in [1.807, 2.05) is 20.8 Å². The number of hydrogen-bond donors (Lipinski definition) is 2. The fourth-order valence-electron chi connectivity index (χ4n) is 2.03. The second-order valence-electron chi connectivity index (χ2n) is 6.32. The number of carbonyl (C=O) groups is 1. The lowest BCUT2D eigenvalue weighted by Gasteiger charge is -2.19. The second-order valence-corrected chi connectivity index (χ2v) is 7.20. The lowest BCUT2D eigenvalue weighted by atomic mass is 10.2. The molecule has 0 aliphatic heterocycles. The standard InChI is InChI=1S/C16H24N2O2S/c1-16(2,3)20-15(19)18-14-9-13(14)17-10-11-5-7-12(21-4)8-6-11/h5-8,13-14,17H,9-10H2,1-4H3,(H,18,19). The van der Waals surface area contributed by atoms with Crippen molar-refractivity contribution < 1.29 is 9.53 Å². The van der Waals surface area contributed by atoms with E-state index in [0.29, 0.717) is 6.04 Å². The summed E-state index contributed by atoms with van der Waals surface area (Å²) in [4.78, 5) is 12.9. The molecular formula is C16H24N2O2S. The van der Waals surface area contributed by atoms with E-state index < -0.39 is 5.60 Å². The van der Waals surface area contributed by atoms with Gasteiger partial charge in [-0.1, -0.05) is 12.1 Å². The van der Waals surface area contributed by atoms with Gasteiger partial charge in [-0.05, 0) is 51.1 Å². The Kier molecular flexibility index (Phi) is 5.17. The predicted octanol–water partition coefficient (Wildman–Crippen LogP) is 3.16. The summed E-state index contributed by atoms with van der Waals surface area (Å²) in [7, 11) is 0. The molecule has 21 heavy (non-hydrogen) atoms. The first-order chi connectivity index (χ1) is 9.87.